The maximum absolute atomic E-state index is 5.77. The Hall–Kier alpha value is -1.02. The first-order chi connectivity index (χ1) is 8.11. The molecule has 2 N–H and O–H groups in total. The Kier molecular flexibility index (Phi) is 6.06. The van der Waals surface area contributed by atoms with Crippen molar-refractivity contribution in [3.63, 3.8) is 0 Å². The highest BCUT2D eigenvalue weighted by atomic mass is 15.1. The van der Waals surface area contributed by atoms with Crippen molar-refractivity contribution in [2.45, 2.75) is 33.6 Å². The molecule has 17 heavy (non-hydrogen) atoms. The summed E-state index contributed by atoms with van der Waals surface area (Å²) in [4.78, 5) is 2.52. The summed E-state index contributed by atoms with van der Waals surface area (Å²) in [5.41, 5.74) is 8.00. The number of aryl methyl sites for hydroxylation is 1. The van der Waals surface area contributed by atoms with Crippen molar-refractivity contribution in [3.8, 4) is 0 Å². The van der Waals surface area contributed by atoms with Crippen molar-refractivity contribution >= 4 is 5.69 Å². The number of nitrogen functional groups attached to an aromatic ring is 1. The van der Waals surface area contributed by atoms with Gasteiger partial charge in [-0.25, -0.2) is 0 Å². The van der Waals surface area contributed by atoms with Crippen LogP contribution in [-0.2, 0) is 6.42 Å². The molecular formula is C15H26N2. The molecule has 0 radical (unpaired) electrons. The van der Waals surface area contributed by atoms with E-state index in [1.165, 1.54) is 25.1 Å². The van der Waals surface area contributed by atoms with E-state index in [9.17, 15) is 0 Å². The zero-order valence-corrected chi connectivity index (χ0v) is 11.4. The van der Waals surface area contributed by atoms with Gasteiger partial charge < -0.3 is 10.6 Å². The van der Waals surface area contributed by atoms with Gasteiger partial charge in [-0.1, -0.05) is 32.9 Å². The Morgan fingerprint density at radius 3 is 2.65 bits per heavy atom. The van der Waals surface area contributed by atoms with E-state index in [2.05, 4.69) is 37.8 Å². The van der Waals surface area contributed by atoms with Gasteiger partial charge in [0.25, 0.3) is 0 Å². The number of hydrogen-bond acceptors (Lipinski definition) is 2. The van der Waals surface area contributed by atoms with E-state index in [1.807, 2.05) is 12.1 Å². The van der Waals surface area contributed by atoms with Gasteiger partial charge in [0.15, 0.2) is 0 Å². The lowest BCUT2D eigenvalue weighted by molar-refractivity contribution is 0.253. The molecule has 0 saturated carbocycles. The Balaban J connectivity index is 2.31. The summed E-state index contributed by atoms with van der Waals surface area (Å²) >= 11 is 0. The molecule has 0 unspecified atom stereocenters. The van der Waals surface area contributed by atoms with Crippen molar-refractivity contribution < 1.29 is 0 Å². The number of benzene rings is 1. The molecule has 0 fully saturated rings. The van der Waals surface area contributed by atoms with Gasteiger partial charge >= 0.3 is 0 Å². The fourth-order valence-corrected chi connectivity index (χ4v) is 2.15. The number of rotatable bonds is 7. The Bertz CT molecular complexity index is 320. The van der Waals surface area contributed by atoms with Crippen LogP contribution in [0.5, 0.6) is 0 Å². The van der Waals surface area contributed by atoms with E-state index >= 15 is 0 Å². The molecule has 0 heterocycles. The van der Waals surface area contributed by atoms with Crippen molar-refractivity contribution in [3.05, 3.63) is 29.8 Å². The molecule has 96 valence electrons. The van der Waals surface area contributed by atoms with E-state index in [0.29, 0.717) is 0 Å². The zero-order chi connectivity index (χ0) is 12.7. The summed E-state index contributed by atoms with van der Waals surface area (Å²) in [5, 5.41) is 0. The standard InChI is InChI=1S/C15H26N2/c1-4-17(12-13(2)3)10-6-8-14-7-5-9-15(16)11-14/h5,7,9,11,13H,4,6,8,10,12,16H2,1-3H3. The average molecular weight is 234 g/mol. The second kappa shape index (κ2) is 7.33. The maximum atomic E-state index is 5.77. The Morgan fingerprint density at radius 2 is 2.06 bits per heavy atom. The second-order valence-electron chi connectivity index (χ2n) is 5.14. The largest absolute Gasteiger partial charge is 0.399 e. The van der Waals surface area contributed by atoms with Crippen molar-refractivity contribution in [2.24, 2.45) is 5.92 Å². The molecule has 2 heteroatoms. The first-order valence-electron chi connectivity index (χ1n) is 6.68. The van der Waals surface area contributed by atoms with Crippen LogP contribution in [-0.4, -0.2) is 24.5 Å². The molecule has 0 bridgehead atoms. The molecule has 0 aromatic heterocycles. The quantitative estimate of drug-likeness (QED) is 0.734. The van der Waals surface area contributed by atoms with Crippen LogP contribution in [0.1, 0.15) is 32.8 Å². The fraction of sp³-hybridized carbons (Fsp3) is 0.600. The minimum atomic E-state index is 0.752. The molecule has 1 aromatic rings. The smallest absolute Gasteiger partial charge is 0.0316 e. The van der Waals surface area contributed by atoms with E-state index in [1.54, 1.807) is 0 Å². The molecule has 0 amide bonds. The molecule has 0 atom stereocenters. The van der Waals surface area contributed by atoms with Gasteiger partial charge in [-0.15, -0.1) is 0 Å². The SMILES string of the molecule is CCN(CCCc1cccc(N)c1)CC(C)C. The molecule has 0 aliphatic rings. The van der Waals surface area contributed by atoms with Crippen LogP contribution < -0.4 is 5.73 Å². The first kappa shape index (κ1) is 14.0. The summed E-state index contributed by atoms with van der Waals surface area (Å²) < 4.78 is 0. The predicted octanol–water partition coefficient (Wildman–Crippen LogP) is 3.18. The zero-order valence-electron chi connectivity index (χ0n) is 11.4. The van der Waals surface area contributed by atoms with Gasteiger partial charge in [0, 0.05) is 12.2 Å². The third-order valence-corrected chi connectivity index (χ3v) is 2.96. The molecule has 0 saturated heterocycles. The molecule has 0 aliphatic carbocycles. The number of hydrogen-bond donors (Lipinski definition) is 1. The summed E-state index contributed by atoms with van der Waals surface area (Å²) in [6.45, 7) is 10.3. The van der Waals surface area contributed by atoms with Crippen LogP contribution in [0.15, 0.2) is 24.3 Å². The van der Waals surface area contributed by atoms with E-state index in [4.69, 9.17) is 5.73 Å². The molecule has 2 nitrogen and oxygen atoms in total. The lowest BCUT2D eigenvalue weighted by Crippen LogP contribution is -2.28. The number of anilines is 1. The molecule has 0 spiro atoms. The highest BCUT2D eigenvalue weighted by molar-refractivity contribution is 5.40. The third-order valence-electron chi connectivity index (χ3n) is 2.96. The van der Waals surface area contributed by atoms with Crippen LogP contribution in [0.25, 0.3) is 0 Å². The summed E-state index contributed by atoms with van der Waals surface area (Å²) in [6, 6.07) is 8.23. The van der Waals surface area contributed by atoms with Gasteiger partial charge in [0.2, 0.25) is 0 Å². The minimum Gasteiger partial charge on any atom is -0.399 e. The van der Waals surface area contributed by atoms with E-state index in [-0.39, 0.29) is 0 Å². The maximum Gasteiger partial charge on any atom is 0.0316 e. The van der Waals surface area contributed by atoms with Crippen molar-refractivity contribution in [1.82, 2.24) is 4.90 Å². The minimum absolute atomic E-state index is 0.752. The van der Waals surface area contributed by atoms with Gasteiger partial charge in [0.05, 0.1) is 0 Å². The summed E-state index contributed by atoms with van der Waals surface area (Å²) in [6.07, 6.45) is 2.34. The van der Waals surface area contributed by atoms with Crippen LogP contribution in [0.3, 0.4) is 0 Å². The average Bonchev–Trinajstić information content (AvgIpc) is 2.27. The Morgan fingerprint density at radius 1 is 1.29 bits per heavy atom. The highest BCUT2D eigenvalue weighted by Crippen LogP contribution is 2.09. The normalized spacial score (nSPS) is 11.4. The van der Waals surface area contributed by atoms with Crippen LogP contribution in [0, 0.1) is 5.92 Å². The predicted molar refractivity (Wildman–Crippen MR) is 76.1 cm³/mol. The second-order valence-corrected chi connectivity index (χ2v) is 5.14. The number of nitrogens with zero attached hydrogens (tertiary/aromatic N) is 1. The third kappa shape index (κ3) is 5.73. The first-order valence-corrected chi connectivity index (χ1v) is 6.68. The molecule has 0 aliphatic heterocycles. The van der Waals surface area contributed by atoms with Crippen LogP contribution >= 0.6 is 0 Å². The van der Waals surface area contributed by atoms with Gasteiger partial charge in [-0.2, -0.15) is 0 Å². The number of nitrogens with two attached hydrogens (primary N) is 1. The highest BCUT2D eigenvalue weighted by Gasteiger charge is 2.04. The fourth-order valence-electron chi connectivity index (χ4n) is 2.15. The lowest BCUT2D eigenvalue weighted by Gasteiger charge is -2.22. The topological polar surface area (TPSA) is 29.3 Å². The monoisotopic (exact) mass is 234 g/mol. The van der Waals surface area contributed by atoms with Crippen LogP contribution in [0.4, 0.5) is 5.69 Å². The molecule has 1 aromatic carbocycles. The van der Waals surface area contributed by atoms with Crippen LogP contribution in [0.2, 0.25) is 0 Å². The molecule has 1 rings (SSSR count). The molecular weight excluding hydrogens is 208 g/mol. The summed E-state index contributed by atoms with van der Waals surface area (Å²) in [7, 11) is 0. The van der Waals surface area contributed by atoms with Gasteiger partial charge in [0.1, 0.15) is 0 Å². The van der Waals surface area contributed by atoms with Gasteiger partial charge in [-0.3, -0.25) is 0 Å². The Labute approximate surface area is 106 Å². The summed E-state index contributed by atoms with van der Waals surface area (Å²) in [5.74, 6) is 0.752. The lowest BCUT2D eigenvalue weighted by atomic mass is 10.1. The van der Waals surface area contributed by atoms with E-state index < -0.39 is 0 Å². The van der Waals surface area contributed by atoms with Gasteiger partial charge in [-0.05, 0) is 49.5 Å². The van der Waals surface area contributed by atoms with E-state index in [0.717, 1.165) is 24.6 Å². The van der Waals surface area contributed by atoms with Crippen molar-refractivity contribution in [2.75, 3.05) is 25.4 Å². The van der Waals surface area contributed by atoms with Crippen molar-refractivity contribution in [1.29, 1.82) is 0 Å².